The number of hydrogen-bond donors (Lipinski definition) is 0. The molecule has 0 atom stereocenters. The van der Waals surface area contributed by atoms with Gasteiger partial charge in [0.15, 0.2) is 0 Å². The van der Waals surface area contributed by atoms with Crippen molar-refractivity contribution in [3.05, 3.63) is 48.0 Å². The molecular weight excluding hydrogens is 170 g/mol. The molecule has 0 radical (unpaired) electrons. The second-order valence-corrected chi connectivity index (χ2v) is 3.57. The third-order valence-electron chi connectivity index (χ3n) is 2.28. The highest BCUT2D eigenvalue weighted by Crippen LogP contribution is 2.00. The molecule has 0 bridgehead atoms. The fourth-order valence-electron chi connectivity index (χ4n) is 1.34. The van der Waals surface area contributed by atoms with Crippen molar-refractivity contribution in [1.29, 1.82) is 0 Å². The number of rotatable bonds is 5. The van der Waals surface area contributed by atoms with Crippen LogP contribution in [0.5, 0.6) is 0 Å². The first-order chi connectivity index (χ1) is 6.83. The zero-order valence-electron chi connectivity index (χ0n) is 9.11. The molecule has 14 heavy (non-hydrogen) atoms. The SMILES string of the molecule is CC=CCN(C)CCc1ccccc1. The summed E-state index contributed by atoms with van der Waals surface area (Å²) >= 11 is 0. The molecule has 76 valence electrons. The van der Waals surface area contributed by atoms with Crippen molar-refractivity contribution in [2.75, 3.05) is 20.1 Å². The molecule has 0 spiro atoms. The Balaban J connectivity index is 2.27. The second kappa shape index (κ2) is 6.39. The van der Waals surface area contributed by atoms with Crippen molar-refractivity contribution < 1.29 is 0 Å². The largest absolute Gasteiger partial charge is 0.302 e. The predicted octanol–water partition coefficient (Wildman–Crippen LogP) is 2.74. The number of likely N-dealkylation sites (N-methyl/N-ethyl adjacent to an activating group) is 1. The molecule has 0 N–H and O–H groups in total. The molecule has 0 aliphatic rings. The van der Waals surface area contributed by atoms with E-state index >= 15 is 0 Å². The topological polar surface area (TPSA) is 3.24 Å². The lowest BCUT2D eigenvalue weighted by Gasteiger charge is -2.13. The van der Waals surface area contributed by atoms with Crippen LogP contribution >= 0.6 is 0 Å². The van der Waals surface area contributed by atoms with Crippen LogP contribution in [0.25, 0.3) is 0 Å². The Morgan fingerprint density at radius 2 is 1.93 bits per heavy atom. The monoisotopic (exact) mass is 189 g/mol. The summed E-state index contributed by atoms with van der Waals surface area (Å²) in [4.78, 5) is 2.33. The van der Waals surface area contributed by atoms with Crippen molar-refractivity contribution in [3.63, 3.8) is 0 Å². The van der Waals surface area contributed by atoms with Crippen LogP contribution in [0.4, 0.5) is 0 Å². The highest BCUT2D eigenvalue weighted by atomic mass is 15.1. The lowest BCUT2D eigenvalue weighted by molar-refractivity contribution is 0.375. The van der Waals surface area contributed by atoms with E-state index in [1.54, 1.807) is 0 Å². The van der Waals surface area contributed by atoms with Crippen molar-refractivity contribution in [3.8, 4) is 0 Å². The molecule has 0 saturated heterocycles. The summed E-state index contributed by atoms with van der Waals surface area (Å²) in [5.41, 5.74) is 1.42. The standard InChI is InChI=1S/C13H19N/c1-3-4-11-14(2)12-10-13-8-6-5-7-9-13/h3-9H,10-12H2,1-2H3. The van der Waals surface area contributed by atoms with E-state index in [0.29, 0.717) is 0 Å². The first-order valence-electron chi connectivity index (χ1n) is 5.16. The summed E-state index contributed by atoms with van der Waals surface area (Å²) in [6, 6.07) is 10.6. The van der Waals surface area contributed by atoms with Gasteiger partial charge in [-0.05, 0) is 26.0 Å². The third-order valence-corrected chi connectivity index (χ3v) is 2.28. The summed E-state index contributed by atoms with van der Waals surface area (Å²) < 4.78 is 0. The van der Waals surface area contributed by atoms with Crippen molar-refractivity contribution in [2.45, 2.75) is 13.3 Å². The Morgan fingerprint density at radius 1 is 1.21 bits per heavy atom. The number of benzene rings is 1. The van der Waals surface area contributed by atoms with Gasteiger partial charge in [-0.1, -0.05) is 42.5 Å². The van der Waals surface area contributed by atoms with Gasteiger partial charge in [-0.25, -0.2) is 0 Å². The van der Waals surface area contributed by atoms with Gasteiger partial charge in [0.25, 0.3) is 0 Å². The number of nitrogens with zero attached hydrogens (tertiary/aromatic N) is 1. The Hall–Kier alpha value is -1.08. The van der Waals surface area contributed by atoms with Gasteiger partial charge in [-0.2, -0.15) is 0 Å². The molecule has 1 aromatic rings. The minimum absolute atomic E-state index is 1.04. The molecule has 0 aliphatic carbocycles. The van der Waals surface area contributed by atoms with Crippen LogP contribution in [0.2, 0.25) is 0 Å². The molecule has 0 amide bonds. The maximum atomic E-state index is 2.33. The summed E-state index contributed by atoms with van der Waals surface area (Å²) in [6.07, 6.45) is 5.42. The third kappa shape index (κ3) is 4.24. The summed E-state index contributed by atoms with van der Waals surface area (Å²) in [7, 11) is 2.16. The predicted molar refractivity (Wildman–Crippen MR) is 62.5 cm³/mol. The highest BCUT2D eigenvalue weighted by Gasteiger charge is 1.96. The zero-order chi connectivity index (χ0) is 10.2. The Bertz CT molecular complexity index is 264. The summed E-state index contributed by atoms with van der Waals surface area (Å²) in [5, 5.41) is 0. The summed E-state index contributed by atoms with van der Waals surface area (Å²) in [5.74, 6) is 0. The van der Waals surface area contributed by atoms with Crippen molar-refractivity contribution in [1.82, 2.24) is 4.90 Å². The average molecular weight is 189 g/mol. The van der Waals surface area contributed by atoms with Crippen LogP contribution in [-0.4, -0.2) is 25.0 Å². The minimum Gasteiger partial charge on any atom is -0.302 e. The minimum atomic E-state index is 1.04. The van der Waals surface area contributed by atoms with Gasteiger partial charge in [-0.15, -0.1) is 0 Å². The number of hydrogen-bond acceptors (Lipinski definition) is 1. The molecule has 0 aliphatic heterocycles. The lowest BCUT2D eigenvalue weighted by Crippen LogP contribution is -2.21. The lowest BCUT2D eigenvalue weighted by atomic mass is 10.1. The molecule has 0 heterocycles. The Labute approximate surface area is 87.1 Å². The van der Waals surface area contributed by atoms with Crippen LogP contribution in [0.15, 0.2) is 42.5 Å². The van der Waals surface area contributed by atoms with E-state index in [1.807, 2.05) is 0 Å². The van der Waals surface area contributed by atoms with Crippen LogP contribution < -0.4 is 0 Å². The Kier molecular flexibility index (Phi) is 5.02. The Morgan fingerprint density at radius 3 is 2.57 bits per heavy atom. The normalized spacial score (nSPS) is 11.4. The van der Waals surface area contributed by atoms with Crippen LogP contribution in [-0.2, 0) is 6.42 Å². The molecule has 0 aromatic heterocycles. The van der Waals surface area contributed by atoms with Gasteiger partial charge in [-0.3, -0.25) is 0 Å². The molecule has 1 nitrogen and oxygen atoms in total. The first kappa shape index (κ1) is 11.0. The highest BCUT2D eigenvalue weighted by molar-refractivity contribution is 5.14. The van der Waals surface area contributed by atoms with Crippen LogP contribution in [0.1, 0.15) is 12.5 Å². The maximum Gasteiger partial charge on any atom is 0.0160 e. The molecule has 0 unspecified atom stereocenters. The van der Waals surface area contributed by atoms with Crippen molar-refractivity contribution in [2.24, 2.45) is 0 Å². The van der Waals surface area contributed by atoms with Gasteiger partial charge in [0.1, 0.15) is 0 Å². The maximum absolute atomic E-state index is 2.33. The van der Waals surface area contributed by atoms with E-state index < -0.39 is 0 Å². The first-order valence-corrected chi connectivity index (χ1v) is 5.16. The van der Waals surface area contributed by atoms with E-state index in [0.717, 1.165) is 19.5 Å². The second-order valence-electron chi connectivity index (χ2n) is 3.57. The molecule has 0 saturated carbocycles. The van der Waals surface area contributed by atoms with Gasteiger partial charge in [0.2, 0.25) is 0 Å². The van der Waals surface area contributed by atoms with Crippen molar-refractivity contribution >= 4 is 0 Å². The van der Waals surface area contributed by atoms with E-state index in [4.69, 9.17) is 0 Å². The van der Waals surface area contributed by atoms with E-state index in [2.05, 4.69) is 61.4 Å². The van der Waals surface area contributed by atoms with E-state index in [1.165, 1.54) is 5.56 Å². The van der Waals surface area contributed by atoms with Gasteiger partial charge in [0, 0.05) is 13.1 Å². The smallest absolute Gasteiger partial charge is 0.0160 e. The van der Waals surface area contributed by atoms with Crippen LogP contribution in [0.3, 0.4) is 0 Å². The summed E-state index contributed by atoms with van der Waals surface area (Å²) in [6.45, 7) is 4.22. The quantitative estimate of drug-likeness (QED) is 0.644. The molecule has 1 aromatic carbocycles. The molecular formula is C13H19N. The van der Waals surface area contributed by atoms with E-state index in [-0.39, 0.29) is 0 Å². The molecule has 1 rings (SSSR count). The fourth-order valence-corrected chi connectivity index (χ4v) is 1.34. The molecule has 0 fully saturated rings. The average Bonchev–Trinajstić information content (AvgIpc) is 2.25. The van der Waals surface area contributed by atoms with E-state index in [9.17, 15) is 0 Å². The fraction of sp³-hybridized carbons (Fsp3) is 0.385. The number of allylic oxidation sites excluding steroid dienone is 1. The van der Waals surface area contributed by atoms with Crippen LogP contribution in [0, 0.1) is 0 Å². The van der Waals surface area contributed by atoms with Gasteiger partial charge >= 0.3 is 0 Å². The molecule has 1 heteroatoms. The van der Waals surface area contributed by atoms with Gasteiger partial charge in [0.05, 0.1) is 0 Å². The zero-order valence-corrected chi connectivity index (χ0v) is 9.11. The van der Waals surface area contributed by atoms with Gasteiger partial charge < -0.3 is 4.90 Å².